The molecule has 0 unspecified atom stereocenters. The van der Waals surface area contributed by atoms with E-state index in [1.165, 1.54) is 11.1 Å². The number of para-hydroxylation sites is 1. The van der Waals surface area contributed by atoms with Crippen LogP contribution in [0.15, 0.2) is 66.9 Å². The van der Waals surface area contributed by atoms with E-state index >= 15 is 0 Å². The lowest BCUT2D eigenvalue weighted by Crippen LogP contribution is -1.97. The van der Waals surface area contributed by atoms with Crippen molar-refractivity contribution in [1.82, 2.24) is 4.98 Å². The fourth-order valence-electron chi connectivity index (χ4n) is 2.59. The molecule has 0 fully saturated rings. The highest BCUT2D eigenvalue weighted by Crippen LogP contribution is 2.33. The van der Waals surface area contributed by atoms with E-state index in [2.05, 4.69) is 48.4 Å². The van der Waals surface area contributed by atoms with Crippen LogP contribution >= 0.6 is 0 Å². The lowest BCUT2D eigenvalue weighted by Gasteiger charge is -2.15. The molecule has 0 radical (unpaired) electrons. The van der Waals surface area contributed by atoms with Crippen LogP contribution in [0.2, 0.25) is 0 Å². The third-order valence-electron chi connectivity index (χ3n) is 3.45. The van der Waals surface area contributed by atoms with Gasteiger partial charge in [-0.05, 0) is 55.3 Å². The second-order valence-electron chi connectivity index (χ2n) is 5.21. The maximum absolute atomic E-state index is 4.50. The largest absolute Gasteiger partial charge is 0.355 e. The number of pyridine rings is 1. The van der Waals surface area contributed by atoms with Crippen LogP contribution in [-0.4, -0.2) is 4.98 Å². The maximum Gasteiger partial charge on any atom is 0.0725 e. The Kier molecular flexibility index (Phi) is 3.69. The molecule has 21 heavy (non-hydrogen) atoms. The van der Waals surface area contributed by atoms with E-state index in [1.807, 2.05) is 42.6 Å². The molecule has 2 heteroatoms. The normalized spacial score (nSPS) is 10.4. The monoisotopic (exact) mass is 274 g/mol. The molecule has 1 N–H and O–H groups in total. The van der Waals surface area contributed by atoms with Gasteiger partial charge in [0.1, 0.15) is 0 Å². The summed E-state index contributed by atoms with van der Waals surface area (Å²) in [6.45, 7) is 4.25. The highest BCUT2D eigenvalue weighted by molar-refractivity contribution is 5.82. The molecule has 104 valence electrons. The molecule has 1 heterocycles. The fraction of sp³-hybridized carbons (Fsp3) is 0.105. The van der Waals surface area contributed by atoms with Crippen LogP contribution < -0.4 is 5.32 Å². The molecule has 0 saturated heterocycles. The van der Waals surface area contributed by atoms with Gasteiger partial charge >= 0.3 is 0 Å². The molecule has 0 atom stereocenters. The van der Waals surface area contributed by atoms with Crippen LogP contribution in [0.4, 0.5) is 11.4 Å². The Morgan fingerprint density at radius 2 is 1.62 bits per heavy atom. The number of aryl methyl sites for hydroxylation is 2. The lowest BCUT2D eigenvalue weighted by atomic mass is 9.99. The van der Waals surface area contributed by atoms with E-state index in [9.17, 15) is 0 Å². The standard InChI is InChI=1S/C19H18N2/c1-14-12-15(2)19(17-10-6-7-11-20-17)18(13-14)21-16-8-4-3-5-9-16/h3-13,21H,1-2H3. The molecule has 0 spiro atoms. The summed E-state index contributed by atoms with van der Waals surface area (Å²) in [5, 5.41) is 3.51. The Labute approximate surface area is 125 Å². The maximum atomic E-state index is 4.50. The third-order valence-corrected chi connectivity index (χ3v) is 3.45. The zero-order chi connectivity index (χ0) is 14.7. The van der Waals surface area contributed by atoms with Gasteiger partial charge in [0.15, 0.2) is 0 Å². The van der Waals surface area contributed by atoms with Crippen molar-refractivity contribution in [2.75, 3.05) is 5.32 Å². The molecule has 3 aromatic rings. The van der Waals surface area contributed by atoms with Gasteiger partial charge in [-0.1, -0.05) is 30.3 Å². The smallest absolute Gasteiger partial charge is 0.0725 e. The Bertz CT molecular complexity index is 734. The minimum Gasteiger partial charge on any atom is -0.355 e. The summed E-state index contributed by atoms with van der Waals surface area (Å²) in [5.74, 6) is 0. The summed E-state index contributed by atoms with van der Waals surface area (Å²) < 4.78 is 0. The Morgan fingerprint density at radius 1 is 0.857 bits per heavy atom. The van der Waals surface area contributed by atoms with Gasteiger partial charge in [0.2, 0.25) is 0 Å². The van der Waals surface area contributed by atoms with Gasteiger partial charge in [-0.3, -0.25) is 4.98 Å². The van der Waals surface area contributed by atoms with Gasteiger partial charge in [-0.15, -0.1) is 0 Å². The Hall–Kier alpha value is -2.61. The van der Waals surface area contributed by atoms with Crippen LogP contribution in [0.1, 0.15) is 11.1 Å². The summed E-state index contributed by atoms with van der Waals surface area (Å²) in [4.78, 5) is 4.50. The van der Waals surface area contributed by atoms with Crippen LogP contribution in [0.3, 0.4) is 0 Å². The number of hydrogen-bond acceptors (Lipinski definition) is 2. The molecule has 1 aromatic heterocycles. The van der Waals surface area contributed by atoms with Crippen LogP contribution in [-0.2, 0) is 0 Å². The van der Waals surface area contributed by atoms with Crippen molar-refractivity contribution >= 4 is 11.4 Å². The average Bonchev–Trinajstić information content (AvgIpc) is 2.48. The number of nitrogens with one attached hydrogen (secondary N) is 1. The van der Waals surface area contributed by atoms with Crippen LogP contribution in [0.5, 0.6) is 0 Å². The summed E-state index contributed by atoms with van der Waals surface area (Å²) in [5.41, 5.74) is 6.80. The first kappa shape index (κ1) is 13.4. The first-order valence-corrected chi connectivity index (χ1v) is 7.09. The molecule has 0 aliphatic carbocycles. The molecule has 3 rings (SSSR count). The SMILES string of the molecule is Cc1cc(C)c(-c2ccccn2)c(Nc2ccccc2)c1. The van der Waals surface area contributed by atoms with Gasteiger partial charge in [0, 0.05) is 23.1 Å². The van der Waals surface area contributed by atoms with E-state index in [0.29, 0.717) is 0 Å². The summed E-state index contributed by atoms with van der Waals surface area (Å²) in [7, 11) is 0. The molecule has 2 aromatic carbocycles. The second kappa shape index (κ2) is 5.80. The van der Waals surface area contributed by atoms with Gasteiger partial charge < -0.3 is 5.32 Å². The van der Waals surface area contributed by atoms with E-state index in [0.717, 1.165) is 22.6 Å². The molecule has 0 aliphatic rings. The highest BCUT2D eigenvalue weighted by Gasteiger charge is 2.10. The Morgan fingerprint density at radius 3 is 2.33 bits per heavy atom. The third kappa shape index (κ3) is 2.95. The van der Waals surface area contributed by atoms with Crippen molar-refractivity contribution in [3.8, 4) is 11.3 Å². The number of nitrogens with zero attached hydrogens (tertiary/aromatic N) is 1. The van der Waals surface area contributed by atoms with E-state index < -0.39 is 0 Å². The number of hydrogen-bond donors (Lipinski definition) is 1. The van der Waals surface area contributed by atoms with Crippen molar-refractivity contribution in [2.45, 2.75) is 13.8 Å². The topological polar surface area (TPSA) is 24.9 Å². The minimum atomic E-state index is 0.994. The molecular formula is C19H18N2. The van der Waals surface area contributed by atoms with Crippen LogP contribution in [0.25, 0.3) is 11.3 Å². The number of anilines is 2. The average molecular weight is 274 g/mol. The van der Waals surface area contributed by atoms with Crippen molar-refractivity contribution in [1.29, 1.82) is 0 Å². The molecule has 0 aliphatic heterocycles. The Balaban J connectivity index is 2.11. The predicted molar refractivity (Wildman–Crippen MR) is 88.9 cm³/mol. The van der Waals surface area contributed by atoms with Crippen molar-refractivity contribution in [3.05, 3.63) is 78.0 Å². The lowest BCUT2D eigenvalue weighted by molar-refractivity contribution is 1.29. The zero-order valence-corrected chi connectivity index (χ0v) is 12.3. The quantitative estimate of drug-likeness (QED) is 0.718. The number of aromatic nitrogens is 1. The van der Waals surface area contributed by atoms with Gasteiger partial charge in [0.25, 0.3) is 0 Å². The summed E-state index contributed by atoms with van der Waals surface area (Å²) in [6, 6.07) is 20.6. The fourth-order valence-corrected chi connectivity index (χ4v) is 2.59. The molecule has 2 nitrogen and oxygen atoms in total. The summed E-state index contributed by atoms with van der Waals surface area (Å²) >= 11 is 0. The first-order chi connectivity index (χ1) is 10.2. The van der Waals surface area contributed by atoms with Gasteiger partial charge in [-0.2, -0.15) is 0 Å². The highest BCUT2D eigenvalue weighted by atomic mass is 14.9. The second-order valence-corrected chi connectivity index (χ2v) is 5.21. The number of benzene rings is 2. The van der Waals surface area contributed by atoms with E-state index in [4.69, 9.17) is 0 Å². The zero-order valence-electron chi connectivity index (χ0n) is 12.3. The molecular weight excluding hydrogens is 256 g/mol. The van der Waals surface area contributed by atoms with Crippen molar-refractivity contribution in [2.24, 2.45) is 0 Å². The summed E-state index contributed by atoms with van der Waals surface area (Å²) in [6.07, 6.45) is 1.83. The first-order valence-electron chi connectivity index (χ1n) is 7.09. The van der Waals surface area contributed by atoms with Crippen LogP contribution in [0, 0.1) is 13.8 Å². The van der Waals surface area contributed by atoms with E-state index in [1.54, 1.807) is 0 Å². The van der Waals surface area contributed by atoms with Crippen molar-refractivity contribution in [3.63, 3.8) is 0 Å². The molecule has 0 amide bonds. The molecule has 0 saturated carbocycles. The van der Waals surface area contributed by atoms with E-state index in [-0.39, 0.29) is 0 Å². The van der Waals surface area contributed by atoms with Crippen molar-refractivity contribution < 1.29 is 0 Å². The van der Waals surface area contributed by atoms with Gasteiger partial charge in [-0.25, -0.2) is 0 Å². The molecule has 0 bridgehead atoms. The minimum absolute atomic E-state index is 0.994. The van der Waals surface area contributed by atoms with Gasteiger partial charge in [0.05, 0.1) is 5.69 Å². The predicted octanol–water partition coefficient (Wildman–Crippen LogP) is 5.11. The number of rotatable bonds is 3.